The molecule has 3 nitrogen and oxygen atoms in total. The minimum absolute atomic E-state index is 0.238. The molecule has 3 rings (SSSR count). The Balaban J connectivity index is 2.18. The van der Waals surface area contributed by atoms with Gasteiger partial charge in [0.2, 0.25) is 5.28 Å². The van der Waals surface area contributed by atoms with Gasteiger partial charge in [-0.3, -0.25) is 0 Å². The molecule has 0 saturated carbocycles. The summed E-state index contributed by atoms with van der Waals surface area (Å²) in [6, 6.07) is 10.1. The molecule has 0 unspecified atom stereocenters. The molecular formula is C14H9BrClN3S. The molecule has 20 heavy (non-hydrogen) atoms. The van der Waals surface area contributed by atoms with Gasteiger partial charge in [-0.2, -0.15) is 0 Å². The Morgan fingerprint density at radius 1 is 1.20 bits per heavy atom. The van der Waals surface area contributed by atoms with Crippen LogP contribution in [0.25, 0.3) is 21.8 Å². The van der Waals surface area contributed by atoms with E-state index in [1.807, 2.05) is 18.2 Å². The maximum Gasteiger partial charge on any atom is 0.222 e. The smallest absolute Gasteiger partial charge is 0.222 e. The van der Waals surface area contributed by atoms with E-state index < -0.39 is 0 Å². The molecule has 100 valence electrons. The van der Waals surface area contributed by atoms with E-state index in [0.29, 0.717) is 0 Å². The van der Waals surface area contributed by atoms with Crippen molar-refractivity contribution in [3.63, 3.8) is 0 Å². The lowest BCUT2D eigenvalue weighted by molar-refractivity contribution is 1.17. The van der Waals surface area contributed by atoms with E-state index in [1.54, 1.807) is 6.20 Å². The van der Waals surface area contributed by atoms with Crippen LogP contribution in [0.1, 0.15) is 5.56 Å². The molecule has 0 aliphatic rings. The fourth-order valence-electron chi connectivity index (χ4n) is 1.92. The zero-order valence-electron chi connectivity index (χ0n) is 10.5. The van der Waals surface area contributed by atoms with Crippen molar-refractivity contribution in [2.45, 2.75) is 6.92 Å². The van der Waals surface area contributed by atoms with Gasteiger partial charge in [-0.1, -0.05) is 23.8 Å². The van der Waals surface area contributed by atoms with Crippen molar-refractivity contribution >= 4 is 38.9 Å². The Morgan fingerprint density at radius 2 is 2.05 bits per heavy atom. The topological polar surface area (TPSA) is 38.7 Å². The second-order valence-electron chi connectivity index (χ2n) is 4.22. The Labute approximate surface area is 133 Å². The maximum atomic E-state index is 5.88. The third-order valence-corrected chi connectivity index (χ3v) is 4.46. The minimum atomic E-state index is 0.238. The number of aryl methyl sites for hydroxylation is 1. The van der Waals surface area contributed by atoms with Crippen LogP contribution in [0.5, 0.6) is 0 Å². The molecular weight excluding hydrogens is 358 g/mol. The van der Waals surface area contributed by atoms with Gasteiger partial charge < -0.3 is 0 Å². The van der Waals surface area contributed by atoms with Crippen molar-refractivity contribution in [1.82, 2.24) is 15.0 Å². The Morgan fingerprint density at radius 3 is 2.80 bits per heavy atom. The summed E-state index contributed by atoms with van der Waals surface area (Å²) in [7, 11) is 0. The summed E-state index contributed by atoms with van der Waals surface area (Å²) < 4.78 is 0.818. The van der Waals surface area contributed by atoms with Crippen molar-refractivity contribution in [2.24, 2.45) is 0 Å². The third kappa shape index (κ3) is 2.75. The summed E-state index contributed by atoms with van der Waals surface area (Å²) in [6.45, 7) is 2.06. The van der Waals surface area contributed by atoms with Crippen molar-refractivity contribution < 1.29 is 0 Å². The highest BCUT2D eigenvalue weighted by Gasteiger charge is 2.15. The molecule has 0 fully saturated rings. The van der Waals surface area contributed by atoms with Crippen LogP contribution in [0.2, 0.25) is 5.28 Å². The first-order valence-corrected chi connectivity index (χ1v) is 7.84. The Hall–Kier alpha value is -1.30. The normalized spacial score (nSPS) is 10.8. The molecule has 0 saturated heterocycles. The minimum Gasteiger partial charge on any atom is -0.228 e. The van der Waals surface area contributed by atoms with Crippen LogP contribution >= 0.6 is 38.9 Å². The predicted molar refractivity (Wildman–Crippen MR) is 86.0 cm³/mol. The maximum absolute atomic E-state index is 5.88. The summed E-state index contributed by atoms with van der Waals surface area (Å²) in [4.78, 5) is 13.7. The van der Waals surface area contributed by atoms with Crippen LogP contribution in [0.3, 0.4) is 0 Å². The lowest BCUT2D eigenvalue weighted by Gasteiger charge is -2.03. The quantitative estimate of drug-likeness (QED) is 0.600. The average Bonchev–Trinajstić information content (AvgIpc) is 2.81. The number of halogens is 2. The van der Waals surface area contributed by atoms with E-state index >= 15 is 0 Å². The zero-order chi connectivity index (χ0) is 14.1. The first-order valence-electron chi connectivity index (χ1n) is 5.86. The van der Waals surface area contributed by atoms with Crippen molar-refractivity contribution in [3.05, 3.63) is 51.3 Å². The molecule has 0 N–H and O–H groups in total. The van der Waals surface area contributed by atoms with Gasteiger partial charge in [0.25, 0.3) is 0 Å². The highest BCUT2D eigenvalue weighted by atomic mass is 79.9. The Bertz CT molecular complexity index is 710. The van der Waals surface area contributed by atoms with Gasteiger partial charge in [0, 0.05) is 11.8 Å². The second kappa shape index (κ2) is 5.60. The highest BCUT2D eigenvalue weighted by Crippen LogP contribution is 2.38. The van der Waals surface area contributed by atoms with Gasteiger partial charge in [0.05, 0.1) is 16.3 Å². The molecule has 1 aromatic carbocycles. The molecule has 2 heterocycles. The molecule has 0 spiro atoms. The summed E-state index contributed by atoms with van der Waals surface area (Å²) >= 11 is 10.9. The number of thiazole rings is 1. The summed E-state index contributed by atoms with van der Waals surface area (Å²) in [5.74, 6) is 0. The van der Waals surface area contributed by atoms with E-state index in [4.69, 9.17) is 11.6 Å². The molecule has 2 aromatic heterocycles. The first-order chi connectivity index (χ1) is 9.63. The standard InChI is InChI=1S/C14H9BrClN3S/c1-8-3-2-4-9(7-8)11-12(20-13(15)19-11)10-5-6-17-14(16)18-10/h2-7H,1H3. The predicted octanol–water partition coefficient (Wildman–Crippen LogP) is 4.99. The molecule has 0 radical (unpaired) electrons. The van der Waals surface area contributed by atoms with Gasteiger partial charge in [-0.15, -0.1) is 11.3 Å². The summed E-state index contributed by atoms with van der Waals surface area (Å²) in [6.07, 6.45) is 1.65. The van der Waals surface area contributed by atoms with Gasteiger partial charge in [-0.25, -0.2) is 15.0 Å². The van der Waals surface area contributed by atoms with E-state index in [2.05, 4.69) is 49.9 Å². The molecule has 0 aliphatic heterocycles. The number of rotatable bonds is 2. The molecule has 0 amide bonds. The van der Waals surface area contributed by atoms with Crippen molar-refractivity contribution in [2.75, 3.05) is 0 Å². The average molecular weight is 367 g/mol. The zero-order valence-corrected chi connectivity index (χ0v) is 13.6. The fraction of sp³-hybridized carbons (Fsp3) is 0.0714. The van der Waals surface area contributed by atoms with Crippen LogP contribution in [0.15, 0.2) is 40.4 Å². The van der Waals surface area contributed by atoms with Crippen LogP contribution in [-0.4, -0.2) is 15.0 Å². The van der Waals surface area contributed by atoms with Crippen LogP contribution in [0, 0.1) is 6.92 Å². The molecule has 3 aromatic rings. The van der Waals surface area contributed by atoms with Gasteiger partial charge in [0.15, 0.2) is 3.92 Å². The van der Waals surface area contributed by atoms with E-state index in [-0.39, 0.29) is 5.28 Å². The number of aromatic nitrogens is 3. The van der Waals surface area contributed by atoms with Crippen molar-refractivity contribution in [3.8, 4) is 21.8 Å². The van der Waals surface area contributed by atoms with Gasteiger partial charge in [-0.05, 0) is 46.6 Å². The molecule has 0 aliphatic carbocycles. The van der Waals surface area contributed by atoms with Gasteiger partial charge in [0.1, 0.15) is 0 Å². The fourth-order valence-corrected chi connectivity index (χ4v) is 3.51. The second-order valence-corrected chi connectivity index (χ2v) is 6.84. The number of benzene rings is 1. The first kappa shape index (κ1) is 13.7. The number of hydrogen-bond donors (Lipinski definition) is 0. The lowest BCUT2D eigenvalue weighted by atomic mass is 10.1. The number of hydrogen-bond acceptors (Lipinski definition) is 4. The third-order valence-electron chi connectivity index (χ3n) is 2.75. The monoisotopic (exact) mass is 365 g/mol. The van der Waals surface area contributed by atoms with Gasteiger partial charge >= 0.3 is 0 Å². The van der Waals surface area contributed by atoms with E-state index in [9.17, 15) is 0 Å². The largest absolute Gasteiger partial charge is 0.228 e. The van der Waals surface area contributed by atoms with Crippen LogP contribution < -0.4 is 0 Å². The summed E-state index contributed by atoms with van der Waals surface area (Å²) in [5.41, 5.74) is 3.94. The molecule has 0 bridgehead atoms. The SMILES string of the molecule is Cc1cccc(-c2nc(Br)sc2-c2ccnc(Cl)n2)c1. The highest BCUT2D eigenvalue weighted by molar-refractivity contribution is 9.11. The lowest BCUT2D eigenvalue weighted by Crippen LogP contribution is -1.87. The van der Waals surface area contributed by atoms with E-state index in [0.717, 1.165) is 25.7 Å². The van der Waals surface area contributed by atoms with Crippen LogP contribution in [-0.2, 0) is 0 Å². The van der Waals surface area contributed by atoms with Crippen molar-refractivity contribution in [1.29, 1.82) is 0 Å². The molecule has 0 atom stereocenters. The Kier molecular flexibility index (Phi) is 3.83. The number of nitrogens with zero attached hydrogens (tertiary/aromatic N) is 3. The van der Waals surface area contributed by atoms with E-state index in [1.165, 1.54) is 16.9 Å². The summed E-state index contributed by atoms with van der Waals surface area (Å²) in [5, 5.41) is 0.238. The molecule has 6 heteroatoms. The van der Waals surface area contributed by atoms with Crippen LogP contribution in [0.4, 0.5) is 0 Å².